The minimum absolute atomic E-state index is 0.129. The first kappa shape index (κ1) is 14.8. The van der Waals surface area contributed by atoms with Crippen molar-refractivity contribution in [3.05, 3.63) is 29.8 Å². The fraction of sp³-hybridized carbons (Fsp3) is 0.533. The molecule has 2 rings (SSSR count). The lowest BCUT2D eigenvalue weighted by molar-refractivity contribution is 0.189. The van der Waals surface area contributed by atoms with Gasteiger partial charge in [0.25, 0.3) is 0 Å². The van der Waals surface area contributed by atoms with Gasteiger partial charge in [-0.1, -0.05) is 19.1 Å². The molecule has 2 amide bonds. The molecule has 3 N–H and O–H groups in total. The molecule has 0 radical (unpaired) electrons. The van der Waals surface area contributed by atoms with Crippen LogP contribution in [0, 0.1) is 0 Å². The molecule has 0 aliphatic carbocycles. The molecule has 1 aromatic rings. The SMILES string of the molecule is CCCNCc1cccc(NC(=O)NC2CCOC2)c1. The van der Waals surface area contributed by atoms with E-state index in [0.29, 0.717) is 6.61 Å². The van der Waals surface area contributed by atoms with Crippen molar-refractivity contribution in [1.82, 2.24) is 10.6 Å². The van der Waals surface area contributed by atoms with Crippen LogP contribution in [0.2, 0.25) is 0 Å². The first-order chi connectivity index (χ1) is 9.78. The number of rotatable bonds is 6. The van der Waals surface area contributed by atoms with E-state index in [1.165, 1.54) is 5.56 Å². The van der Waals surface area contributed by atoms with Crippen molar-refractivity contribution in [3.8, 4) is 0 Å². The zero-order valence-corrected chi connectivity index (χ0v) is 11.9. The van der Waals surface area contributed by atoms with Gasteiger partial charge in [-0.15, -0.1) is 0 Å². The Morgan fingerprint density at radius 3 is 3.10 bits per heavy atom. The topological polar surface area (TPSA) is 62.4 Å². The van der Waals surface area contributed by atoms with Crippen molar-refractivity contribution in [3.63, 3.8) is 0 Å². The molecule has 1 aromatic carbocycles. The third-order valence-corrected chi connectivity index (χ3v) is 3.21. The lowest BCUT2D eigenvalue weighted by Crippen LogP contribution is -2.38. The van der Waals surface area contributed by atoms with E-state index in [-0.39, 0.29) is 12.1 Å². The molecule has 1 fully saturated rings. The van der Waals surface area contributed by atoms with Crippen molar-refractivity contribution < 1.29 is 9.53 Å². The summed E-state index contributed by atoms with van der Waals surface area (Å²) in [5.41, 5.74) is 1.98. The number of amides is 2. The Bertz CT molecular complexity index is 431. The Morgan fingerprint density at radius 2 is 2.35 bits per heavy atom. The molecule has 5 heteroatoms. The lowest BCUT2D eigenvalue weighted by atomic mass is 10.2. The monoisotopic (exact) mass is 277 g/mol. The summed E-state index contributed by atoms with van der Waals surface area (Å²) in [6, 6.07) is 7.86. The third-order valence-electron chi connectivity index (χ3n) is 3.21. The van der Waals surface area contributed by atoms with Crippen LogP contribution in [-0.2, 0) is 11.3 Å². The van der Waals surface area contributed by atoms with Crippen molar-refractivity contribution in [2.75, 3.05) is 25.1 Å². The van der Waals surface area contributed by atoms with E-state index in [1.54, 1.807) is 0 Å². The Labute approximate surface area is 120 Å². The van der Waals surface area contributed by atoms with E-state index in [0.717, 1.165) is 38.2 Å². The summed E-state index contributed by atoms with van der Waals surface area (Å²) in [7, 11) is 0. The quantitative estimate of drug-likeness (QED) is 0.698. The third kappa shape index (κ3) is 4.83. The van der Waals surface area contributed by atoms with E-state index in [2.05, 4.69) is 28.9 Å². The van der Waals surface area contributed by atoms with Gasteiger partial charge in [0, 0.05) is 18.8 Å². The number of nitrogens with one attached hydrogen (secondary N) is 3. The van der Waals surface area contributed by atoms with E-state index in [9.17, 15) is 4.79 Å². The molecule has 1 saturated heterocycles. The smallest absolute Gasteiger partial charge is 0.319 e. The number of urea groups is 1. The molecular weight excluding hydrogens is 254 g/mol. The van der Waals surface area contributed by atoms with Gasteiger partial charge in [0.05, 0.1) is 12.6 Å². The highest BCUT2D eigenvalue weighted by Crippen LogP contribution is 2.11. The molecule has 0 bridgehead atoms. The van der Waals surface area contributed by atoms with Gasteiger partial charge in [-0.25, -0.2) is 4.79 Å². The van der Waals surface area contributed by atoms with Gasteiger partial charge in [-0.05, 0) is 37.1 Å². The molecule has 5 nitrogen and oxygen atoms in total. The molecule has 20 heavy (non-hydrogen) atoms. The minimum Gasteiger partial charge on any atom is -0.379 e. The predicted octanol–water partition coefficient (Wildman–Crippen LogP) is 2.10. The standard InChI is InChI=1S/C15H23N3O2/c1-2-7-16-10-12-4-3-5-13(9-12)17-15(19)18-14-6-8-20-11-14/h3-5,9,14,16H,2,6-8,10-11H2,1H3,(H2,17,18,19). The van der Waals surface area contributed by atoms with E-state index in [1.807, 2.05) is 18.2 Å². The molecule has 0 saturated carbocycles. The van der Waals surface area contributed by atoms with Gasteiger partial charge in [0.1, 0.15) is 0 Å². The summed E-state index contributed by atoms with van der Waals surface area (Å²) in [5, 5.41) is 9.12. The summed E-state index contributed by atoms with van der Waals surface area (Å²) in [6.07, 6.45) is 2.00. The van der Waals surface area contributed by atoms with Gasteiger partial charge in [0.2, 0.25) is 0 Å². The number of carbonyl (C=O) groups excluding carboxylic acids is 1. The molecule has 1 unspecified atom stereocenters. The molecule has 0 aromatic heterocycles. The Morgan fingerprint density at radius 1 is 1.45 bits per heavy atom. The van der Waals surface area contributed by atoms with Crippen LogP contribution in [0.3, 0.4) is 0 Å². The summed E-state index contributed by atoms with van der Waals surface area (Å²) >= 11 is 0. The fourth-order valence-corrected chi connectivity index (χ4v) is 2.17. The van der Waals surface area contributed by atoms with Crippen molar-refractivity contribution in [1.29, 1.82) is 0 Å². The second-order valence-corrected chi connectivity index (χ2v) is 5.04. The maximum Gasteiger partial charge on any atom is 0.319 e. The molecule has 1 heterocycles. The van der Waals surface area contributed by atoms with Crippen LogP contribution in [-0.4, -0.2) is 31.8 Å². The highest BCUT2D eigenvalue weighted by Gasteiger charge is 2.17. The van der Waals surface area contributed by atoms with Gasteiger partial charge >= 0.3 is 6.03 Å². The maximum atomic E-state index is 11.8. The fourth-order valence-electron chi connectivity index (χ4n) is 2.17. The summed E-state index contributed by atoms with van der Waals surface area (Å²) < 4.78 is 5.23. The first-order valence-electron chi connectivity index (χ1n) is 7.23. The van der Waals surface area contributed by atoms with Crippen molar-refractivity contribution in [2.45, 2.75) is 32.4 Å². The van der Waals surface area contributed by atoms with Crippen LogP contribution in [0.1, 0.15) is 25.3 Å². The summed E-state index contributed by atoms with van der Waals surface area (Å²) in [4.78, 5) is 11.8. The maximum absolute atomic E-state index is 11.8. The zero-order chi connectivity index (χ0) is 14.2. The molecule has 110 valence electrons. The number of hydrogen-bond donors (Lipinski definition) is 3. The van der Waals surface area contributed by atoms with Crippen LogP contribution >= 0.6 is 0 Å². The number of carbonyl (C=O) groups is 1. The normalized spacial score (nSPS) is 17.9. The van der Waals surface area contributed by atoms with Crippen LogP contribution in [0.5, 0.6) is 0 Å². The summed E-state index contributed by atoms with van der Waals surface area (Å²) in [6.45, 7) is 5.29. The molecular formula is C15H23N3O2. The predicted molar refractivity (Wildman–Crippen MR) is 79.8 cm³/mol. The highest BCUT2D eigenvalue weighted by atomic mass is 16.5. The van der Waals surface area contributed by atoms with Crippen molar-refractivity contribution in [2.24, 2.45) is 0 Å². The van der Waals surface area contributed by atoms with Crippen LogP contribution in [0.4, 0.5) is 10.5 Å². The zero-order valence-electron chi connectivity index (χ0n) is 11.9. The molecule has 1 atom stereocenters. The van der Waals surface area contributed by atoms with E-state index < -0.39 is 0 Å². The van der Waals surface area contributed by atoms with Crippen LogP contribution in [0.25, 0.3) is 0 Å². The molecule has 1 aliphatic heterocycles. The Hall–Kier alpha value is -1.59. The highest BCUT2D eigenvalue weighted by molar-refractivity contribution is 5.89. The first-order valence-corrected chi connectivity index (χ1v) is 7.23. The van der Waals surface area contributed by atoms with Gasteiger partial charge in [-0.3, -0.25) is 0 Å². The van der Waals surface area contributed by atoms with E-state index in [4.69, 9.17) is 4.74 Å². The number of hydrogen-bond acceptors (Lipinski definition) is 3. The van der Waals surface area contributed by atoms with Crippen molar-refractivity contribution >= 4 is 11.7 Å². The summed E-state index contributed by atoms with van der Waals surface area (Å²) in [5.74, 6) is 0. The largest absolute Gasteiger partial charge is 0.379 e. The Kier molecular flexibility index (Phi) is 5.83. The van der Waals surface area contributed by atoms with Gasteiger partial charge in [0.15, 0.2) is 0 Å². The van der Waals surface area contributed by atoms with Gasteiger partial charge in [-0.2, -0.15) is 0 Å². The number of benzene rings is 1. The van der Waals surface area contributed by atoms with Crippen LogP contribution < -0.4 is 16.0 Å². The second kappa shape index (κ2) is 7.87. The number of anilines is 1. The van der Waals surface area contributed by atoms with E-state index >= 15 is 0 Å². The second-order valence-electron chi connectivity index (χ2n) is 5.04. The number of ether oxygens (including phenoxy) is 1. The van der Waals surface area contributed by atoms with Crippen LogP contribution in [0.15, 0.2) is 24.3 Å². The average Bonchev–Trinajstić information content (AvgIpc) is 2.92. The van der Waals surface area contributed by atoms with Gasteiger partial charge < -0.3 is 20.7 Å². The average molecular weight is 277 g/mol. The molecule has 0 spiro atoms. The minimum atomic E-state index is -0.167. The molecule has 1 aliphatic rings. The lowest BCUT2D eigenvalue weighted by Gasteiger charge is -2.12. The Balaban J connectivity index is 1.81.